The van der Waals surface area contributed by atoms with Gasteiger partial charge in [0.05, 0.1) is 21.9 Å². The number of nitrogens with zero attached hydrogens (tertiary/aromatic N) is 1. The number of ketones is 1. The fraction of sp³-hybridized carbons (Fsp3) is 0.190. The predicted octanol–water partition coefficient (Wildman–Crippen LogP) is 4.92. The molecule has 1 aliphatic heterocycles. The lowest BCUT2D eigenvalue weighted by Gasteiger charge is -2.13. The van der Waals surface area contributed by atoms with E-state index in [4.69, 9.17) is 9.47 Å². The van der Waals surface area contributed by atoms with Crippen LogP contribution in [0.5, 0.6) is 11.5 Å². The third-order valence-corrected chi connectivity index (χ3v) is 5.42. The molecule has 1 aromatic heterocycles. The summed E-state index contributed by atoms with van der Waals surface area (Å²) in [5.74, 6) is -0.104. The molecule has 2 aromatic carbocycles. The lowest BCUT2D eigenvalue weighted by Crippen LogP contribution is -2.14. The van der Waals surface area contributed by atoms with Crippen LogP contribution in [-0.2, 0) is 11.0 Å². The molecule has 31 heavy (non-hydrogen) atoms. The fourth-order valence-electron chi connectivity index (χ4n) is 3.02. The maximum atomic E-state index is 13.6. The van der Waals surface area contributed by atoms with E-state index in [-0.39, 0.29) is 40.0 Å². The molecular weight excluding hydrogens is 433 g/mol. The van der Waals surface area contributed by atoms with E-state index >= 15 is 0 Å². The van der Waals surface area contributed by atoms with Crippen molar-refractivity contribution in [2.24, 2.45) is 0 Å². The number of halogens is 3. The van der Waals surface area contributed by atoms with Gasteiger partial charge in [-0.3, -0.25) is 9.59 Å². The van der Waals surface area contributed by atoms with Gasteiger partial charge in [0.25, 0.3) is 0 Å². The number of alkyl halides is 3. The van der Waals surface area contributed by atoms with E-state index in [0.29, 0.717) is 17.0 Å². The SMILES string of the molecule is CC(=O)c1ccc(NC(=O)CSc2cc(C(F)(F)F)c3cc4c(cc3n2)OCO4)cc1. The molecule has 3 aromatic rings. The Morgan fingerprint density at radius 3 is 2.42 bits per heavy atom. The van der Waals surface area contributed by atoms with Gasteiger partial charge >= 0.3 is 6.18 Å². The highest BCUT2D eigenvalue weighted by molar-refractivity contribution is 7.99. The Morgan fingerprint density at radius 2 is 1.77 bits per heavy atom. The summed E-state index contributed by atoms with van der Waals surface area (Å²) >= 11 is 0.885. The van der Waals surface area contributed by atoms with Crippen molar-refractivity contribution in [3.05, 3.63) is 53.6 Å². The number of pyridine rings is 1. The van der Waals surface area contributed by atoms with Crippen LogP contribution in [0.4, 0.5) is 18.9 Å². The van der Waals surface area contributed by atoms with Crippen molar-refractivity contribution in [1.29, 1.82) is 0 Å². The molecule has 4 rings (SSSR count). The molecule has 0 spiro atoms. The monoisotopic (exact) mass is 448 g/mol. The molecule has 1 amide bonds. The summed E-state index contributed by atoms with van der Waals surface area (Å²) in [4.78, 5) is 27.8. The molecule has 0 saturated heterocycles. The molecule has 0 aliphatic carbocycles. The molecular formula is C21H15F3N2O4S. The van der Waals surface area contributed by atoms with Gasteiger partial charge in [-0.2, -0.15) is 13.2 Å². The number of carbonyl (C=O) groups excluding carboxylic acids is 2. The summed E-state index contributed by atoms with van der Waals surface area (Å²) in [7, 11) is 0. The van der Waals surface area contributed by atoms with Crippen LogP contribution in [0.2, 0.25) is 0 Å². The zero-order valence-corrected chi connectivity index (χ0v) is 16.9. The molecule has 0 unspecified atom stereocenters. The van der Waals surface area contributed by atoms with Crippen molar-refractivity contribution in [2.45, 2.75) is 18.1 Å². The number of hydrogen-bond donors (Lipinski definition) is 1. The largest absolute Gasteiger partial charge is 0.454 e. The Morgan fingerprint density at radius 1 is 1.10 bits per heavy atom. The molecule has 1 aliphatic rings. The third kappa shape index (κ3) is 4.58. The van der Waals surface area contributed by atoms with Crippen LogP contribution in [0.15, 0.2) is 47.5 Å². The number of benzene rings is 2. The maximum Gasteiger partial charge on any atom is 0.417 e. The van der Waals surface area contributed by atoms with Crippen LogP contribution in [0.25, 0.3) is 10.9 Å². The van der Waals surface area contributed by atoms with Gasteiger partial charge in [-0.25, -0.2) is 4.98 Å². The number of amides is 1. The third-order valence-electron chi connectivity index (χ3n) is 4.51. The van der Waals surface area contributed by atoms with Gasteiger partial charge in [0, 0.05) is 22.7 Å². The zero-order valence-electron chi connectivity index (χ0n) is 16.1. The van der Waals surface area contributed by atoms with Crippen LogP contribution in [0, 0.1) is 0 Å². The van der Waals surface area contributed by atoms with Gasteiger partial charge in [0.2, 0.25) is 12.7 Å². The van der Waals surface area contributed by atoms with Crippen LogP contribution in [0.3, 0.4) is 0 Å². The van der Waals surface area contributed by atoms with E-state index in [1.807, 2.05) is 0 Å². The minimum atomic E-state index is -4.61. The Labute approximate surface area is 178 Å². The standard InChI is InChI=1S/C21H15F3N2O4S/c1-11(27)12-2-4-13(5-3-12)25-19(28)9-31-20-7-15(21(22,23)24)14-6-17-18(30-10-29-17)8-16(14)26-20/h2-8H,9-10H2,1H3,(H,25,28). The molecule has 0 radical (unpaired) electrons. The number of anilines is 1. The van der Waals surface area contributed by atoms with Gasteiger partial charge in [-0.1, -0.05) is 11.8 Å². The van der Waals surface area contributed by atoms with Gasteiger partial charge in [-0.15, -0.1) is 0 Å². The van der Waals surface area contributed by atoms with Crippen molar-refractivity contribution >= 4 is 40.0 Å². The summed E-state index contributed by atoms with van der Waals surface area (Å²) in [6.45, 7) is 1.37. The van der Waals surface area contributed by atoms with Gasteiger partial charge in [-0.05, 0) is 43.3 Å². The van der Waals surface area contributed by atoms with Crippen LogP contribution >= 0.6 is 11.8 Å². The predicted molar refractivity (Wildman–Crippen MR) is 109 cm³/mol. The first-order chi connectivity index (χ1) is 14.7. The van der Waals surface area contributed by atoms with Crippen molar-refractivity contribution in [3.8, 4) is 11.5 Å². The van der Waals surface area contributed by atoms with Crippen LogP contribution < -0.4 is 14.8 Å². The first-order valence-electron chi connectivity index (χ1n) is 9.06. The topological polar surface area (TPSA) is 77.5 Å². The number of hydrogen-bond acceptors (Lipinski definition) is 6. The second-order valence-corrected chi connectivity index (χ2v) is 7.69. The Hall–Kier alpha value is -3.27. The number of ether oxygens (including phenoxy) is 2. The normalized spacial score (nSPS) is 12.8. The molecule has 0 fully saturated rings. The molecule has 6 nitrogen and oxygen atoms in total. The summed E-state index contributed by atoms with van der Waals surface area (Å²) in [5.41, 5.74) is 0.222. The average Bonchev–Trinajstić information content (AvgIpc) is 3.17. The van der Waals surface area contributed by atoms with E-state index in [1.54, 1.807) is 24.3 Å². The van der Waals surface area contributed by atoms with Crippen molar-refractivity contribution < 1.29 is 32.2 Å². The summed E-state index contributed by atoms with van der Waals surface area (Å²) in [5, 5.41) is 2.59. The number of aromatic nitrogens is 1. The second kappa shape index (κ2) is 8.10. The van der Waals surface area contributed by atoms with Crippen LogP contribution in [-0.4, -0.2) is 29.2 Å². The number of carbonyl (C=O) groups is 2. The Bertz CT molecular complexity index is 1180. The molecule has 1 N–H and O–H groups in total. The lowest BCUT2D eigenvalue weighted by molar-refractivity contribution is -0.136. The smallest absolute Gasteiger partial charge is 0.417 e. The van der Waals surface area contributed by atoms with Gasteiger partial charge < -0.3 is 14.8 Å². The minimum Gasteiger partial charge on any atom is -0.454 e. The first kappa shape index (κ1) is 21.0. The second-order valence-electron chi connectivity index (χ2n) is 6.70. The zero-order chi connectivity index (χ0) is 22.2. The van der Waals surface area contributed by atoms with Crippen molar-refractivity contribution in [1.82, 2.24) is 4.98 Å². The Kier molecular flexibility index (Phi) is 5.48. The summed E-state index contributed by atoms with van der Waals surface area (Å²) < 4.78 is 51.2. The van der Waals surface area contributed by atoms with Gasteiger partial charge in [0.1, 0.15) is 0 Å². The quantitative estimate of drug-likeness (QED) is 0.441. The van der Waals surface area contributed by atoms with E-state index in [1.165, 1.54) is 19.1 Å². The molecule has 0 saturated carbocycles. The lowest BCUT2D eigenvalue weighted by atomic mass is 10.1. The maximum absolute atomic E-state index is 13.6. The molecule has 2 heterocycles. The van der Waals surface area contributed by atoms with Crippen molar-refractivity contribution in [2.75, 3.05) is 17.9 Å². The average molecular weight is 448 g/mol. The van der Waals surface area contributed by atoms with Crippen molar-refractivity contribution in [3.63, 3.8) is 0 Å². The molecule has 10 heteroatoms. The number of Topliss-reactive ketones (excluding diaryl/α,β-unsaturated/α-hetero) is 1. The highest BCUT2D eigenvalue weighted by atomic mass is 32.2. The Balaban J connectivity index is 1.53. The van der Waals surface area contributed by atoms with E-state index in [0.717, 1.165) is 17.8 Å². The highest BCUT2D eigenvalue weighted by Crippen LogP contribution is 2.42. The summed E-state index contributed by atoms with van der Waals surface area (Å²) in [6.07, 6.45) is -4.61. The number of rotatable bonds is 5. The molecule has 0 bridgehead atoms. The van der Waals surface area contributed by atoms with Gasteiger partial charge in [0.15, 0.2) is 17.3 Å². The minimum absolute atomic E-state index is 0.0563. The molecule has 160 valence electrons. The van der Waals surface area contributed by atoms with E-state index in [2.05, 4.69) is 10.3 Å². The summed E-state index contributed by atoms with van der Waals surface area (Å²) in [6, 6.07) is 9.90. The van der Waals surface area contributed by atoms with E-state index in [9.17, 15) is 22.8 Å². The fourth-order valence-corrected chi connectivity index (χ4v) is 3.74. The molecule has 0 atom stereocenters. The number of thioether (sulfide) groups is 1. The number of fused-ring (bicyclic) bond motifs is 2. The highest BCUT2D eigenvalue weighted by Gasteiger charge is 2.34. The van der Waals surface area contributed by atoms with E-state index < -0.39 is 17.6 Å². The van der Waals surface area contributed by atoms with Crippen LogP contribution in [0.1, 0.15) is 22.8 Å². The first-order valence-corrected chi connectivity index (χ1v) is 10.0. The number of nitrogens with one attached hydrogen (secondary N) is 1.